The van der Waals surface area contributed by atoms with Crippen LogP contribution in [0.5, 0.6) is 11.5 Å². The zero-order valence-electron chi connectivity index (χ0n) is 17.1. The van der Waals surface area contributed by atoms with E-state index in [1.165, 1.54) is 10.7 Å². The van der Waals surface area contributed by atoms with E-state index < -0.39 is 5.97 Å². The number of furan rings is 1. The molecule has 0 atom stereocenters. The summed E-state index contributed by atoms with van der Waals surface area (Å²) in [5.74, 6) is 0.414. The Bertz CT molecular complexity index is 1350. The zero-order valence-corrected chi connectivity index (χ0v) is 17.1. The summed E-state index contributed by atoms with van der Waals surface area (Å²) in [5, 5.41) is 17.3. The Morgan fingerprint density at radius 3 is 2.77 bits per heavy atom. The van der Waals surface area contributed by atoms with Crippen molar-refractivity contribution in [2.45, 2.75) is 39.2 Å². The molecule has 5 rings (SSSR count). The van der Waals surface area contributed by atoms with Crippen molar-refractivity contribution in [2.75, 3.05) is 0 Å². The van der Waals surface area contributed by atoms with Gasteiger partial charge in [-0.05, 0) is 50.8 Å². The first kappa shape index (κ1) is 19.2. The first-order chi connectivity index (χ1) is 14.9. The summed E-state index contributed by atoms with van der Waals surface area (Å²) in [6.07, 6.45) is 6.19. The van der Waals surface area contributed by atoms with Gasteiger partial charge in [0.1, 0.15) is 22.6 Å². The molecule has 0 saturated heterocycles. The lowest BCUT2D eigenvalue weighted by molar-refractivity contribution is 0.0696. The van der Waals surface area contributed by atoms with Crippen LogP contribution in [0.4, 0.5) is 0 Å². The summed E-state index contributed by atoms with van der Waals surface area (Å²) in [6, 6.07) is 7.24. The number of fused-ring (bicyclic) bond motifs is 2. The summed E-state index contributed by atoms with van der Waals surface area (Å²) in [6.45, 7) is 3.50. The van der Waals surface area contributed by atoms with E-state index in [1.807, 2.05) is 6.07 Å². The molecule has 0 spiro atoms. The number of carboxylic acids is 1. The van der Waals surface area contributed by atoms with Crippen LogP contribution in [0.3, 0.4) is 0 Å². The fourth-order valence-corrected chi connectivity index (χ4v) is 4.00. The Labute approximate surface area is 177 Å². The van der Waals surface area contributed by atoms with E-state index in [0.717, 1.165) is 24.6 Å². The SMILES string of the molecule is Cc1oc2cc(Oc3ccnn4cc(C(=O)O)c(C)c34)ccc2c1C(=O)NC1CCC1. The number of nitrogens with zero attached hydrogens (tertiary/aromatic N) is 2. The number of rotatable bonds is 5. The molecule has 8 heteroatoms. The quantitative estimate of drug-likeness (QED) is 0.494. The molecule has 31 heavy (non-hydrogen) atoms. The van der Waals surface area contributed by atoms with Crippen molar-refractivity contribution in [3.63, 3.8) is 0 Å². The minimum Gasteiger partial charge on any atom is -0.478 e. The Kier molecular flexibility index (Phi) is 4.43. The molecule has 1 aromatic carbocycles. The standard InChI is InChI=1S/C23H21N3O5/c1-12-17(23(28)29)11-26-21(12)18(8-9-24-26)31-15-6-7-16-19(10-15)30-13(2)20(16)22(27)25-14-4-3-5-14/h6-11,14H,3-5H2,1-2H3,(H,25,27)(H,28,29). The molecule has 158 valence electrons. The molecule has 1 aliphatic carbocycles. The van der Waals surface area contributed by atoms with Gasteiger partial charge in [0.25, 0.3) is 5.91 Å². The minimum atomic E-state index is -1.02. The van der Waals surface area contributed by atoms with E-state index in [0.29, 0.717) is 39.5 Å². The third-order valence-corrected chi connectivity index (χ3v) is 5.85. The number of carbonyl (C=O) groups excluding carboxylic acids is 1. The highest BCUT2D eigenvalue weighted by Gasteiger charge is 2.24. The lowest BCUT2D eigenvalue weighted by Gasteiger charge is -2.26. The predicted molar refractivity (Wildman–Crippen MR) is 113 cm³/mol. The monoisotopic (exact) mass is 419 g/mol. The maximum atomic E-state index is 12.7. The Hall–Kier alpha value is -3.81. The van der Waals surface area contributed by atoms with E-state index in [1.54, 1.807) is 38.2 Å². The smallest absolute Gasteiger partial charge is 0.337 e. The summed E-state index contributed by atoms with van der Waals surface area (Å²) in [5.41, 5.74) is 2.42. The van der Waals surface area contributed by atoms with E-state index in [2.05, 4.69) is 10.4 Å². The topological polar surface area (TPSA) is 106 Å². The molecule has 4 aromatic rings. The van der Waals surface area contributed by atoms with E-state index in [9.17, 15) is 14.7 Å². The fraction of sp³-hybridized carbons (Fsp3) is 0.261. The second kappa shape index (κ2) is 7.16. The van der Waals surface area contributed by atoms with Crippen molar-refractivity contribution in [1.29, 1.82) is 0 Å². The molecule has 3 aromatic heterocycles. The lowest BCUT2D eigenvalue weighted by Crippen LogP contribution is -2.39. The Morgan fingerprint density at radius 2 is 2.06 bits per heavy atom. The van der Waals surface area contributed by atoms with Crippen LogP contribution in [-0.4, -0.2) is 32.6 Å². The third kappa shape index (κ3) is 3.20. The maximum Gasteiger partial charge on any atom is 0.337 e. The number of hydrogen-bond donors (Lipinski definition) is 2. The summed E-state index contributed by atoms with van der Waals surface area (Å²) in [4.78, 5) is 24.2. The first-order valence-electron chi connectivity index (χ1n) is 10.1. The number of hydrogen-bond acceptors (Lipinski definition) is 5. The summed E-state index contributed by atoms with van der Waals surface area (Å²) < 4.78 is 13.4. The van der Waals surface area contributed by atoms with Crippen molar-refractivity contribution in [2.24, 2.45) is 0 Å². The van der Waals surface area contributed by atoms with Crippen LogP contribution in [0.15, 0.2) is 41.1 Å². The third-order valence-electron chi connectivity index (χ3n) is 5.85. The van der Waals surface area contributed by atoms with Crippen LogP contribution in [0, 0.1) is 13.8 Å². The van der Waals surface area contributed by atoms with Gasteiger partial charge >= 0.3 is 5.97 Å². The van der Waals surface area contributed by atoms with E-state index in [4.69, 9.17) is 9.15 Å². The molecular weight excluding hydrogens is 398 g/mol. The molecule has 1 saturated carbocycles. The number of ether oxygens (including phenoxy) is 1. The number of benzene rings is 1. The molecule has 3 heterocycles. The largest absolute Gasteiger partial charge is 0.478 e. The van der Waals surface area contributed by atoms with Crippen LogP contribution in [0.25, 0.3) is 16.5 Å². The molecule has 1 amide bonds. The Morgan fingerprint density at radius 1 is 1.26 bits per heavy atom. The normalized spacial score (nSPS) is 14.0. The van der Waals surface area contributed by atoms with Crippen molar-refractivity contribution < 1.29 is 23.8 Å². The van der Waals surface area contributed by atoms with Gasteiger partial charge in [-0.15, -0.1) is 0 Å². The second-order valence-corrected chi connectivity index (χ2v) is 7.86. The van der Waals surface area contributed by atoms with Crippen LogP contribution in [0.1, 0.15) is 51.3 Å². The molecule has 0 unspecified atom stereocenters. The summed E-state index contributed by atoms with van der Waals surface area (Å²) >= 11 is 0. The molecule has 1 fully saturated rings. The van der Waals surface area contributed by atoms with Gasteiger partial charge < -0.3 is 19.6 Å². The molecule has 8 nitrogen and oxygen atoms in total. The molecule has 0 aliphatic heterocycles. The number of amides is 1. The Balaban J connectivity index is 1.49. The number of carboxylic acid groups (broad SMARTS) is 1. The second-order valence-electron chi connectivity index (χ2n) is 7.86. The number of aromatic nitrogens is 2. The highest BCUT2D eigenvalue weighted by atomic mass is 16.5. The van der Waals surface area contributed by atoms with Gasteiger partial charge in [0.2, 0.25) is 0 Å². The molecule has 0 radical (unpaired) electrons. The minimum absolute atomic E-state index is 0.115. The van der Waals surface area contributed by atoms with Crippen molar-refractivity contribution >= 4 is 28.4 Å². The average molecular weight is 419 g/mol. The molecule has 1 aliphatic rings. The van der Waals surface area contributed by atoms with Gasteiger partial charge in [-0.1, -0.05) is 0 Å². The number of nitrogens with one attached hydrogen (secondary N) is 1. The number of carbonyl (C=O) groups is 2. The molecular formula is C23H21N3O5. The van der Waals surface area contributed by atoms with Gasteiger partial charge in [-0.25, -0.2) is 9.31 Å². The van der Waals surface area contributed by atoms with Gasteiger partial charge in [-0.3, -0.25) is 4.79 Å². The van der Waals surface area contributed by atoms with Gasteiger partial charge in [0, 0.05) is 29.8 Å². The van der Waals surface area contributed by atoms with Crippen LogP contribution in [0.2, 0.25) is 0 Å². The first-order valence-corrected chi connectivity index (χ1v) is 10.1. The van der Waals surface area contributed by atoms with Gasteiger partial charge in [-0.2, -0.15) is 5.10 Å². The molecule has 2 N–H and O–H groups in total. The van der Waals surface area contributed by atoms with Crippen LogP contribution < -0.4 is 10.1 Å². The highest BCUT2D eigenvalue weighted by Crippen LogP contribution is 2.34. The predicted octanol–water partition coefficient (Wildman–Crippen LogP) is 4.47. The van der Waals surface area contributed by atoms with Crippen LogP contribution in [-0.2, 0) is 0 Å². The van der Waals surface area contributed by atoms with Crippen molar-refractivity contribution in [3.8, 4) is 11.5 Å². The van der Waals surface area contributed by atoms with E-state index >= 15 is 0 Å². The van der Waals surface area contributed by atoms with Crippen LogP contribution >= 0.6 is 0 Å². The highest BCUT2D eigenvalue weighted by molar-refractivity contribution is 6.07. The maximum absolute atomic E-state index is 12.7. The zero-order chi connectivity index (χ0) is 21.7. The van der Waals surface area contributed by atoms with Crippen molar-refractivity contribution in [1.82, 2.24) is 14.9 Å². The molecule has 0 bridgehead atoms. The lowest BCUT2D eigenvalue weighted by atomic mass is 9.93. The van der Waals surface area contributed by atoms with Gasteiger partial charge in [0.05, 0.1) is 17.3 Å². The number of aromatic carboxylic acids is 1. The van der Waals surface area contributed by atoms with Crippen molar-refractivity contribution in [3.05, 3.63) is 59.1 Å². The van der Waals surface area contributed by atoms with Gasteiger partial charge in [0.15, 0.2) is 5.75 Å². The number of aryl methyl sites for hydroxylation is 2. The summed E-state index contributed by atoms with van der Waals surface area (Å²) in [7, 11) is 0. The average Bonchev–Trinajstić information content (AvgIpc) is 3.21. The fourth-order valence-electron chi connectivity index (χ4n) is 4.00. The van der Waals surface area contributed by atoms with E-state index in [-0.39, 0.29) is 17.5 Å².